The average molecular weight is 805 g/mol. The van der Waals surface area contributed by atoms with Crippen molar-refractivity contribution in [1.29, 1.82) is 0 Å². The maximum Gasteiger partial charge on any atom is 0.0547 e. The summed E-state index contributed by atoms with van der Waals surface area (Å²) < 4.78 is 2.42. The maximum atomic E-state index is 2.42. The van der Waals surface area contributed by atoms with Gasteiger partial charge in [-0.15, -0.1) is 0 Å². The third kappa shape index (κ3) is 6.17. The predicted molar refractivity (Wildman–Crippen MR) is 267 cm³/mol. The zero-order chi connectivity index (χ0) is 42.1. The highest BCUT2D eigenvalue weighted by Crippen LogP contribution is 2.51. The molecule has 1 aromatic heterocycles. The molecule has 0 bridgehead atoms. The van der Waals surface area contributed by atoms with Gasteiger partial charge in [-0.25, -0.2) is 0 Å². The molecular weight excluding hydrogens is 761 g/mol. The van der Waals surface area contributed by atoms with Gasteiger partial charge in [0.25, 0.3) is 0 Å². The van der Waals surface area contributed by atoms with Crippen LogP contribution in [0.15, 0.2) is 231 Å². The molecule has 12 rings (SSSR count). The molecule has 0 radical (unpaired) electrons. The third-order valence-corrected chi connectivity index (χ3v) is 13.4. The van der Waals surface area contributed by atoms with E-state index in [0.29, 0.717) is 0 Å². The van der Waals surface area contributed by atoms with Crippen LogP contribution in [-0.4, -0.2) is 4.57 Å². The van der Waals surface area contributed by atoms with Crippen LogP contribution in [0.1, 0.15) is 25.0 Å². The van der Waals surface area contributed by atoms with Crippen LogP contribution >= 0.6 is 0 Å². The molecule has 10 aromatic carbocycles. The largest absolute Gasteiger partial charge is 0.310 e. The number of para-hydroxylation sites is 2. The standard InChI is InChI=1S/C61H44N2/c1-61(2)57-38-47(41-13-5-3-6-14-41)28-34-53(57)54-36-33-52(40-58(54)61)62(49-17-7-4-8-18-49)50-30-25-44(26-31-50)43-21-23-45(24-22-43)48-29-35-56-55-19-11-12-20-59(55)63(60(56)39-48)51-32-27-42-15-9-10-16-46(42)37-51/h3-40H,1-2H3. The lowest BCUT2D eigenvalue weighted by Gasteiger charge is -2.28. The molecule has 2 heteroatoms. The van der Waals surface area contributed by atoms with E-state index in [1.165, 1.54) is 93.9 Å². The van der Waals surface area contributed by atoms with Gasteiger partial charge in [-0.1, -0.05) is 178 Å². The lowest BCUT2D eigenvalue weighted by molar-refractivity contribution is 0.660. The topological polar surface area (TPSA) is 8.17 Å². The predicted octanol–water partition coefficient (Wildman–Crippen LogP) is 16.7. The van der Waals surface area contributed by atoms with E-state index < -0.39 is 0 Å². The zero-order valence-corrected chi connectivity index (χ0v) is 35.3. The summed E-state index contributed by atoms with van der Waals surface area (Å²) in [6, 6.07) is 84.5. The Hall–Kier alpha value is -7.94. The first-order valence-electron chi connectivity index (χ1n) is 21.9. The summed E-state index contributed by atoms with van der Waals surface area (Å²) in [5.74, 6) is 0. The van der Waals surface area contributed by atoms with Crippen LogP contribution in [0, 0.1) is 0 Å². The van der Waals surface area contributed by atoms with Gasteiger partial charge >= 0.3 is 0 Å². The van der Waals surface area contributed by atoms with Crippen LogP contribution in [0.2, 0.25) is 0 Å². The molecule has 0 fully saturated rings. The lowest BCUT2D eigenvalue weighted by Crippen LogP contribution is -2.16. The van der Waals surface area contributed by atoms with Crippen LogP contribution in [0.4, 0.5) is 17.1 Å². The SMILES string of the molecule is CC1(C)c2cc(-c3ccccc3)ccc2-c2ccc(N(c3ccccc3)c3ccc(-c4ccc(-c5ccc6c7ccccc7n(-c7ccc8ccccc8c7)c6c5)cc4)cc3)cc21. The normalized spacial score (nSPS) is 12.7. The van der Waals surface area contributed by atoms with Crippen molar-refractivity contribution in [3.8, 4) is 50.2 Å². The van der Waals surface area contributed by atoms with E-state index in [0.717, 1.165) is 17.1 Å². The Labute approximate surface area is 368 Å². The zero-order valence-electron chi connectivity index (χ0n) is 35.3. The molecule has 0 saturated carbocycles. The van der Waals surface area contributed by atoms with Crippen molar-refractivity contribution in [2.24, 2.45) is 0 Å². The van der Waals surface area contributed by atoms with E-state index in [-0.39, 0.29) is 5.41 Å². The van der Waals surface area contributed by atoms with Crippen LogP contribution < -0.4 is 4.90 Å². The first-order valence-corrected chi connectivity index (χ1v) is 21.9. The second-order valence-corrected chi connectivity index (χ2v) is 17.4. The highest BCUT2D eigenvalue weighted by Gasteiger charge is 2.36. The number of benzene rings is 10. The summed E-state index contributed by atoms with van der Waals surface area (Å²) in [4.78, 5) is 2.38. The minimum Gasteiger partial charge on any atom is -0.310 e. The molecule has 298 valence electrons. The number of anilines is 3. The highest BCUT2D eigenvalue weighted by atomic mass is 15.1. The van der Waals surface area contributed by atoms with Crippen molar-refractivity contribution in [2.75, 3.05) is 4.90 Å². The fraction of sp³-hybridized carbons (Fsp3) is 0.0492. The molecule has 63 heavy (non-hydrogen) atoms. The van der Waals surface area contributed by atoms with Gasteiger partial charge in [-0.05, 0) is 133 Å². The average Bonchev–Trinajstić information content (AvgIpc) is 3.79. The number of aromatic nitrogens is 1. The van der Waals surface area contributed by atoms with E-state index >= 15 is 0 Å². The summed E-state index contributed by atoms with van der Waals surface area (Å²) >= 11 is 0. The summed E-state index contributed by atoms with van der Waals surface area (Å²) in [5, 5.41) is 5.01. The molecular formula is C61H44N2. The lowest BCUT2D eigenvalue weighted by atomic mass is 9.81. The molecule has 0 spiro atoms. The molecule has 1 aliphatic rings. The molecule has 0 N–H and O–H groups in total. The minimum absolute atomic E-state index is 0.148. The molecule has 0 atom stereocenters. The molecule has 1 heterocycles. The minimum atomic E-state index is -0.148. The van der Waals surface area contributed by atoms with Gasteiger partial charge < -0.3 is 9.47 Å². The molecule has 1 aliphatic carbocycles. The van der Waals surface area contributed by atoms with Crippen LogP contribution in [0.25, 0.3) is 82.8 Å². The Morgan fingerprint density at radius 1 is 0.333 bits per heavy atom. The van der Waals surface area contributed by atoms with Crippen LogP contribution in [0.5, 0.6) is 0 Å². The van der Waals surface area contributed by atoms with Gasteiger partial charge in [-0.2, -0.15) is 0 Å². The van der Waals surface area contributed by atoms with E-state index in [4.69, 9.17) is 0 Å². The molecule has 0 aliphatic heterocycles. The van der Waals surface area contributed by atoms with E-state index in [1.54, 1.807) is 0 Å². The fourth-order valence-corrected chi connectivity index (χ4v) is 10.1. The summed E-state index contributed by atoms with van der Waals surface area (Å²) in [6.07, 6.45) is 0. The van der Waals surface area contributed by atoms with Gasteiger partial charge in [0.05, 0.1) is 11.0 Å². The van der Waals surface area contributed by atoms with Crippen LogP contribution in [-0.2, 0) is 5.41 Å². The van der Waals surface area contributed by atoms with Gasteiger partial charge in [0.1, 0.15) is 0 Å². The van der Waals surface area contributed by atoms with Gasteiger partial charge in [-0.3, -0.25) is 0 Å². The van der Waals surface area contributed by atoms with Crippen molar-refractivity contribution in [3.63, 3.8) is 0 Å². The number of fused-ring (bicyclic) bond motifs is 7. The van der Waals surface area contributed by atoms with Gasteiger partial charge in [0.15, 0.2) is 0 Å². The highest BCUT2D eigenvalue weighted by molar-refractivity contribution is 6.10. The van der Waals surface area contributed by atoms with Crippen LogP contribution in [0.3, 0.4) is 0 Å². The Morgan fingerprint density at radius 3 is 1.60 bits per heavy atom. The van der Waals surface area contributed by atoms with Crippen molar-refractivity contribution in [3.05, 3.63) is 242 Å². The van der Waals surface area contributed by atoms with Crippen molar-refractivity contribution < 1.29 is 0 Å². The monoisotopic (exact) mass is 804 g/mol. The molecule has 0 amide bonds. The number of nitrogens with zero attached hydrogens (tertiary/aromatic N) is 2. The molecule has 0 unspecified atom stereocenters. The Kier molecular flexibility index (Phi) is 8.55. The molecule has 0 saturated heterocycles. The summed E-state index contributed by atoms with van der Waals surface area (Å²) in [5.41, 5.74) is 19.5. The van der Waals surface area contributed by atoms with Gasteiger partial charge in [0, 0.05) is 38.9 Å². The first kappa shape index (κ1) is 36.9. The van der Waals surface area contributed by atoms with E-state index in [2.05, 4.69) is 254 Å². The Morgan fingerprint density at radius 2 is 0.841 bits per heavy atom. The van der Waals surface area contributed by atoms with E-state index in [9.17, 15) is 0 Å². The number of rotatable bonds is 7. The molecule has 2 nitrogen and oxygen atoms in total. The van der Waals surface area contributed by atoms with E-state index in [1.807, 2.05) is 0 Å². The van der Waals surface area contributed by atoms with Crippen molar-refractivity contribution in [2.45, 2.75) is 19.3 Å². The quantitative estimate of drug-likeness (QED) is 0.156. The number of hydrogen-bond donors (Lipinski definition) is 0. The number of hydrogen-bond acceptors (Lipinski definition) is 1. The summed E-state index contributed by atoms with van der Waals surface area (Å²) in [6.45, 7) is 4.74. The summed E-state index contributed by atoms with van der Waals surface area (Å²) in [7, 11) is 0. The van der Waals surface area contributed by atoms with Crippen molar-refractivity contribution in [1.82, 2.24) is 4.57 Å². The maximum absolute atomic E-state index is 2.42. The second kappa shape index (κ2) is 14.6. The fourth-order valence-electron chi connectivity index (χ4n) is 10.1. The second-order valence-electron chi connectivity index (χ2n) is 17.4. The Balaban J connectivity index is 0.863. The third-order valence-electron chi connectivity index (χ3n) is 13.4. The Bertz CT molecular complexity index is 3500. The molecule has 11 aromatic rings. The van der Waals surface area contributed by atoms with Crippen molar-refractivity contribution >= 4 is 49.6 Å². The first-order chi connectivity index (χ1) is 31.0. The van der Waals surface area contributed by atoms with Gasteiger partial charge in [0.2, 0.25) is 0 Å². The smallest absolute Gasteiger partial charge is 0.0547 e.